The molecule has 18 heavy (non-hydrogen) atoms. The smallest absolute Gasteiger partial charge is 0.130 e. The van der Waals surface area contributed by atoms with E-state index in [0.29, 0.717) is 0 Å². The monoisotopic (exact) mass is 247 g/mol. The Balaban J connectivity index is 1.96. The molecule has 1 aliphatic rings. The number of pyridine rings is 1. The van der Waals surface area contributed by atoms with Gasteiger partial charge in [-0.3, -0.25) is 4.90 Å². The zero-order chi connectivity index (χ0) is 12.8. The summed E-state index contributed by atoms with van der Waals surface area (Å²) >= 11 is 0. The first-order valence-electron chi connectivity index (χ1n) is 7.23. The van der Waals surface area contributed by atoms with Crippen LogP contribution in [0.4, 0.5) is 5.82 Å². The van der Waals surface area contributed by atoms with Gasteiger partial charge in [-0.15, -0.1) is 0 Å². The van der Waals surface area contributed by atoms with E-state index in [0.717, 1.165) is 31.4 Å². The van der Waals surface area contributed by atoms with Crippen LogP contribution in [0.25, 0.3) is 0 Å². The number of nitrogens with zero attached hydrogens (tertiary/aromatic N) is 2. The molecule has 1 N–H and O–H groups in total. The number of aromatic nitrogens is 1. The highest BCUT2D eigenvalue weighted by atomic mass is 15.1. The van der Waals surface area contributed by atoms with Gasteiger partial charge >= 0.3 is 0 Å². The lowest BCUT2D eigenvalue weighted by Crippen LogP contribution is -2.32. The Bertz CT molecular complexity index is 361. The van der Waals surface area contributed by atoms with Crippen molar-refractivity contribution >= 4 is 5.82 Å². The molecule has 100 valence electrons. The zero-order valence-corrected chi connectivity index (χ0v) is 11.7. The molecule has 3 nitrogen and oxygen atoms in total. The van der Waals surface area contributed by atoms with Gasteiger partial charge in [-0.05, 0) is 38.3 Å². The highest BCUT2D eigenvalue weighted by Gasteiger charge is 2.20. The van der Waals surface area contributed by atoms with Gasteiger partial charge < -0.3 is 5.32 Å². The van der Waals surface area contributed by atoms with Gasteiger partial charge in [-0.2, -0.15) is 0 Å². The molecule has 1 heterocycles. The lowest BCUT2D eigenvalue weighted by atomic mass is 9.85. The molecule has 0 bridgehead atoms. The fraction of sp³-hybridized carbons (Fsp3) is 0.667. The van der Waals surface area contributed by atoms with Crippen molar-refractivity contribution in [2.24, 2.45) is 5.92 Å². The highest BCUT2D eigenvalue weighted by molar-refractivity contribution is 5.43. The zero-order valence-electron chi connectivity index (χ0n) is 11.7. The van der Waals surface area contributed by atoms with E-state index < -0.39 is 0 Å². The number of hydrogen-bond acceptors (Lipinski definition) is 3. The number of hydrogen-bond donors (Lipinski definition) is 1. The maximum Gasteiger partial charge on any atom is 0.130 e. The van der Waals surface area contributed by atoms with E-state index in [-0.39, 0.29) is 0 Å². The molecule has 0 aliphatic heterocycles. The minimum Gasteiger partial charge on any atom is -0.370 e. The molecule has 1 aromatic rings. The fourth-order valence-electron chi connectivity index (χ4n) is 2.48. The third-order valence-electron chi connectivity index (χ3n) is 3.82. The summed E-state index contributed by atoms with van der Waals surface area (Å²) in [6, 6.07) is 4.22. The van der Waals surface area contributed by atoms with E-state index in [1.165, 1.54) is 31.4 Å². The summed E-state index contributed by atoms with van der Waals surface area (Å²) in [5, 5.41) is 3.35. The van der Waals surface area contributed by atoms with Crippen molar-refractivity contribution in [1.82, 2.24) is 9.88 Å². The van der Waals surface area contributed by atoms with Gasteiger partial charge in [0.05, 0.1) is 0 Å². The average Bonchev–Trinajstić information content (AvgIpc) is 2.34. The molecule has 0 saturated heterocycles. The molecule has 1 saturated carbocycles. The SMILES string of the molecule is CCNc1ncccc1CN(CC)CC1CCC1. The van der Waals surface area contributed by atoms with Crippen LogP contribution in [-0.4, -0.2) is 29.5 Å². The molecular formula is C15H25N3. The second-order valence-electron chi connectivity index (χ2n) is 5.17. The van der Waals surface area contributed by atoms with E-state index in [2.05, 4.69) is 35.1 Å². The largest absolute Gasteiger partial charge is 0.370 e. The van der Waals surface area contributed by atoms with E-state index in [1.807, 2.05) is 12.3 Å². The Hall–Kier alpha value is -1.09. The van der Waals surface area contributed by atoms with Crippen molar-refractivity contribution in [2.45, 2.75) is 39.7 Å². The Morgan fingerprint density at radius 3 is 2.83 bits per heavy atom. The molecule has 3 heteroatoms. The lowest BCUT2D eigenvalue weighted by Gasteiger charge is -2.32. The van der Waals surface area contributed by atoms with Crippen molar-refractivity contribution in [1.29, 1.82) is 0 Å². The summed E-state index contributed by atoms with van der Waals surface area (Å²) in [6.45, 7) is 8.68. The molecule has 2 rings (SSSR count). The summed E-state index contributed by atoms with van der Waals surface area (Å²) in [7, 11) is 0. The third-order valence-corrected chi connectivity index (χ3v) is 3.82. The topological polar surface area (TPSA) is 28.2 Å². The van der Waals surface area contributed by atoms with Crippen molar-refractivity contribution in [3.05, 3.63) is 23.9 Å². The second kappa shape index (κ2) is 6.74. The molecule has 0 unspecified atom stereocenters. The predicted molar refractivity (Wildman–Crippen MR) is 76.7 cm³/mol. The first-order chi connectivity index (χ1) is 8.83. The quantitative estimate of drug-likeness (QED) is 0.802. The lowest BCUT2D eigenvalue weighted by molar-refractivity contribution is 0.178. The van der Waals surface area contributed by atoms with Gasteiger partial charge in [0.15, 0.2) is 0 Å². The number of nitrogens with one attached hydrogen (secondary N) is 1. The summed E-state index contributed by atoms with van der Waals surface area (Å²) in [4.78, 5) is 6.97. The molecule has 1 aliphatic carbocycles. The van der Waals surface area contributed by atoms with Crippen LogP contribution in [0.1, 0.15) is 38.7 Å². The minimum atomic E-state index is 0.929. The van der Waals surface area contributed by atoms with Gasteiger partial charge in [0, 0.05) is 31.4 Å². The summed E-state index contributed by atoms with van der Waals surface area (Å²) < 4.78 is 0. The molecule has 0 radical (unpaired) electrons. The molecule has 1 aromatic heterocycles. The van der Waals surface area contributed by atoms with Crippen molar-refractivity contribution < 1.29 is 0 Å². The van der Waals surface area contributed by atoms with Crippen LogP contribution in [0, 0.1) is 5.92 Å². The molecular weight excluding hydrogens is 222 g/mol. The highest BCUT2D eigenvalue weighted by Crippen LogP contribution is 2.27. The predicted octanol–water partition coefficient (Wildman–Crippen LogP) is 3.14. The van der Waals surface area contributed by atoms with Crippen molar-refractivity contribution in [2.75, 3.05) is 25.0 Å². The summed E-state index contributed by atoms with van der Waals surface area (Å²) in [5.74, 6) is 1.98. The number of anilines is 1. The van der Waals surface area contributed by atoms with Gasteiger partial charge in [0.25, 0.3) is 0 Å². The second-order valence-corrected chi connectivity index (χ2v) is 5.17. The molecule has 0 aromatic carbocycles. The van der Waals surface area contributed by atoms with E-state index in [1.54, 1.807) is 0 Å². The van der Waals surface area contributed by atoms with Crippen LogP contribution in [-0.2, 0) is 6.54 Å². The summed E-state index contributed by atoms with van der Waals surface area (Å²) in [6.07, 6.45) is 6.13. The summed E-state index contributed by atoms with van der Waals surface area (Å²) in [5.41, 5.74) is 1.32. The number of rotatable bonds is 7. The standard InChI is InChI=1S/C15H25N3/c1-3-16-15-14(9-6-10-17-15)12-18(4-2)11-13-7-5-8-13/h6,9-10,13H,3-5,7-8,11-12H2,1-2H3,(H,16,17). The van der Waals surface area contributed by atoms with E-state index >= 15 is 0 Å². The van der Waals surface area contributed by atoms with Gasteiger partial charge in [-0.25, -0.2) is 4.98 Å². The van der Waals surface area contributed by atoms with Crippen LogP contribution in [0.2, 0.25) is 0 Å². The van der Waals surface area contributed by atoms with E-state index in [9.17, 15) is 0 Å². The van der Waals surface area contributed by atoms with Crippen LogP contribution < -0.4 is 5.32 Å². The maximum atomic E-state index is 4.43. The van der Waals surface area contributed by atoms with Gasteiger partial charge in [-0.1, -0.05) is 19.4 Å². The van der Waals surface area contributed by atoms with E-state index in [4.69, 9.17) is 0 Å². The van der Waals surface area contributed by atoms with Crippen molar-refractivity contribution in [3.8, 4) is 0 Å². The van der Waals surface area contributed by atoms with Crippen LogP contribution in [0.15, 0.2) is 18.3 Å². The minimum absolute atomic E-state index is 0.929. The third kappa shape index (κ3) is 3.45. The van der Waals surface area contributed by atoms with Crippen LogP contribution in [0.3, 0.4) is 0 Å². The Morgan fingerprint density at radius 1 is 1.39 bits per heavy atom. The first-order valence-corrected chi connectivity index (χ1v) is 7.23. The Kier molecular flexibility index (Phi) is 5.00. The van der Waals surface area contributed by atoms with Crippen LogP contribution >= 0.6 is 0 Å². The molecule has 1 fully saturated rings. The Labute approximate surface area is 111 Å². The Morgan fingerprint density at radius 2 is 2.22 bits per heavy atom. The maximum absolute atomic E-state index is 4.43. The molecule has 0 spiro atoms. The fourth-order valence-corrected chi connectivity index (χ4v) is 2.48. The normalized spacial score (nSPS) is 15.7. The molecule has 0 amide bonds. The van der Waals surface area contributed by atoms with Gasteiger partial charge in [0.2, 0.25) is 0 Å². The van der Waals surface area contributed by atoms with Crippen molar-refractivity contribution in [3.63, 3.8) is 0 Å². The molecule has 0 atom stereocenters. The van der Waals surface area contributed by atoms with Gasteiger partial charge in [0.1, 0.15) is 5.82 Å². The first kappa shape index (κ1) is 13.3. The van der Waals surface area contributed by atoms with Crippen LogP contribution in [0.5, 0.6) is 0 Å². The average molecular weight is 247 g/mol.